The number of hydrogen-bond acceptors (Lipinski definition) is 3. The Hall–Kier alpha value is -2.16. The van der Waals surface area contributed by atoms with Gasteiger partial charge in [-0.1, -0.05) is 62.4 Å². The number of hydrogen-bond donors (Lipinski definition) is 1. The fourth-order valence-electron chi connectivity index (χ4n) is 3.30. The first-order chi connectivity index (χ1) is 11.8. The molecule has 3 heteroatoms. The predicted octanol–water partition coefficient (Wildman–Crippen LogP) is 5.20. The van der Waals surface area contributed by atoms with Crippen molar-refractivity contribution in [3.05, 3.63) is 54.1 Å². The van der Waals surface area contributed by atoms with Crippen LogP contribution in [-0.4, -0.2) is 6.61 Å². The van der Waals surface area contributed by atoms with Crippen molar-refractivity contribution < 1.29 is 9.47 Å². The molecule has 0 bridgehead atoms. The molecule has 0 atom stereocenters. The van der Waals surface area contributed by atoms with E-state index in [1.165, 1.54) is 32.1 Å². The first-order valence-electron chi connectivity index (χ1n) is 9.00. The highest BCUT2D eigenvalue weighted by Gasteiger charge is 2.14. The Morgan fingerprint density at radius 1 is 0.875 bits per heavy atom. The van der Waals surface area contributed by atoms with Gasteiger partial charge in [-0.25, -0.2) is 0 Å². The summed E-state index contributed by atoms with van der Waals surface area (Å²) in [5, 5.41) is 0. The van der Waals surface area contributed by atoms with Crippen LogP contribution < -0.4 is 15.2 Å². The van der Waals surface area contributed by atoms with E-state index in [1.807, 2.05) is 36.4 Å². The van der Waals surface area contributed by atoms with Gasteiger partial charge in [-0.15, -0.1) is 0 Å². The molecule has 2 aromatic rings. The summed E-state index contributed by atoms with van der Waals surface area (Å²) in [7, 11) is 0. The van der Waals surface area contributed by atoms with Crippen LogP contribution in [0.3, 0.4) is 0 Å². The van der Waals surface area contributed by atoms with Crippen LogP contribution in [0.5, 0.6) is 11.5 Å². The molecule has 3 nitrogen and oxygen atoms in total. The van der Waals surface area contributed by atoms with Crippen LogP contribution in [0.25, 0.3) is 0 Å². The van der Waals surface area contributed by atoms with E-state index < -0.39 is 0 Å². The summed E-state index contributed by atoms with van der Waals surface area (Å²) >= 11 is 0. The molecule has 0 radical (unpaired) electrons. The standard InChI is InChI=1S/C21H27NO2/c22-19-11-12-20(23-14-13-17-7-3-1-4-8-17)21(15-19)24-16-18-9-5-2-6-10-18/h2,5-6,9-12,15,17H,1,3-4,7-8,13-14,16,22H2. The molecule has 0 heterocycles. The van der Waals surface area contributed by atoms with E-state index >= 15 is 0 Å². The maximum Gasteiger partial charge on any atom is 0.163 e. The summed E-state index contributed by atoms with van der Waals surface area (Å²) < 4.78 is 11.9. The fraction of sp³-hybridized carbons (Fsp3) is 0.429. The van der Waals surface area contributed by atoms with Gasteiger partial charge < -0.3 is 15.2 Å². The van der Waals surface area contributed by atoms with Gasteiger partial charge in [0.25, 0.3) is 0 Å². The number of ether oxygens (including phenoxy) is 2. The van der Waals surface area contributed by atoms with E-state index in [4.69, 9.17) is 15.2 Å². The van der Waals surface area contributed by atoms with E-state index in [0.29, 0.717) is 12.3 Å². The lowest BCUT2D eigenvalue weighted by atomic mass is 9.87. The Morgan fingerprint density at radius 3 is 2.46 bits per heavy atom. The van der Waals surface area contributed by atoms with Crippen LogP contribution in [0, 0.1) is 5.92 Å². The second kappa shape index (κ2) is 8.62. The molecule has 0 spiro atoms. The van der Waals surface area contributed by atoms with Gasteiger partial charge in [0, 0.05) is 11.8 Å². The van der Waals surface area contributed by atoms with Crippen molar-refractivity contribution in [3.8, 4) is 11.5 Å². The van der Waals surface area contributed by atoms with Crippen molar-refractivity contribution in [1.29, 1.82) is 0 Å². The Balaban J connectivity index is 1.56. The largest absolute Gasteiger partial charge is 0.490 e. The van der Waals surface area contributed by atoms with Crippen molar-refractivity contribution in [3.63, 3.8) is 0 Å². The minimum absolute atomic E-state index is 0.517. The highest BCUT2D eigenvalue weighted by Crippen LogP contribution is 2.31. The van der Waals surface area contributed by atoms with Crippen LogP contribution in [0.4, 0.5) is 5.69 Å². The average Bonchev–Trinajstić information content (AvgIpc) is 2.63. The predicted molar refractivity (Wildman–Crippen MR) is 98.3 cm³/mol. The lowest BCUT2D eigenvalue weighted by molar-refractivity contribution is 0.228. The maximum absolute atomic E-state index is 6.00. The van der Waals surface area contributed by atoms with E-state index in [9.17, 15) is 0 Å². The van der Waals surface area contributed by atoms with Crippen LogP contribution in [0.1, 0.15) is 44.1 Å². The van der Waals surface area contributed by atoms with Crippen LogP contribution in [-0.2, 0) is 6.61 Å². The van der Waals surface area contributed by atoms with Gasteiger partial charge in [-0.05, 0) is 30.0 Å². The quantitative estimate of drug-likeness (QED) is 0.712. The van der Waals surface area contributed by atoms with Gasteiger partial charge in [0.05, 0.1) is 6.61 Å². The lowest BCUT2D eigenvalue weighted by Crippen LogP contribution is -2.11. The summed E-state index contributed by atoms with van der Waals surface area (Å²) in [6, 6.07) is 15.8. The smallest absolute Gasteiger partial charge is 0.163 e. The van der Waals surface area contributed by atoms with Gasteiger partial charge in [-0.2, -0.15) is 0 Å². The van der Waals surface area contributed by atoms with Gasteiger partial charge in [0.1, 0.15) is 6.61 Å². The molecule has 3 rings (SSSR count). The van der Waals surface area contributed by atoms with Gasteiger partial charge >= 0.3 is 0 Å². The van der Waals surface area contributed by atoms with E-state index in [0.717, 1.165) is 36.0 Å². The minimum atomic E-state index is 0.517. The fourth-order valence-corrected chi connectivity index (χ4v) is 3.30. The van der Waals surface area contributed by atoms with Gasteiger partial charge in [0.2, 0.25) is 0 Å². The third-order valence-corrected chi connectivity index (χ3v) is 4.71. The van der Waals surface area contributed by atoms with Crippen molar-refractivity contribution >= 4 is 5.69 Å². The molecular formula is C21H27NO2. The minimum Gasteiger partial charge on any atom is -0.490 e. The number of rotatable bonds is 7. The molecule has 2 N–H and O–H groups in total. The van der Waals surface area contributed by atoms with E-state index in [2.05, 4.69) is 12.1 Å². The zero-order chi connectivity index (χ0) is 16.6. The number of nitrogen functional groups attached to an aromatic ring is 1. The summed E-state index contributed by atoms with van der Waals surface area (Å²) in [5.41, 5.74) is 7.73. The highest BCUT2D eigenvalue weighted by molar-refractivity contribution is 5.52. The second-order valence-electron chi connectivity index (χ2n) is 6.62. The highest BCUT2D eigenvalue weighted by atomic mass is 16.5. The number of anilines is 1. The SMILES string of the molecule is Nc1ccc(OCCC2CCCCC2)c(OCc2ccccc2)c1. The normalized spacial score (nSPS) is 15.2. The second-order valence-corrected chi connectivity index (χ2v) is 6.62. The molecular weight excluding hydrogens is 298 g/mol. The van der Waals surface area contributed by atoms with Crippen molar-refractivity contribution in [1.82, 2.24) is 0 Å². The Labute approximate surface area is 144 Å². The molecule has 1 saturated carbocycles. The molecule has 0 aliphatic heterocycles. The molecule has 0 amide bonds. The summed E-state index contributed by atoms with van der Waals surface area (Å²) in [5.74, 6) is 2.33. The molecule has 128 valence electrons. The first kappa shape index (κ1) is 16.7. The molecule has 2 aromatic carbocycles. The Morgan fingerprint density at radius 2 is 1.67 bits per heavy atom. The third-order valence-electron chi connectivity index (χ3n) is 4.71. The van der Waals surface area contributed by atoms with E-state index in [-0.39, 0.29) is 0 Å². The van der Waals surface area contributed by atoms with Crippen LogP contribution >= 0.6 is 0 Å². The molecule has 0 saturated heterocycles. The zero-order valence-electron chi connectivity index (χ0n) is 14.2. The van der Waals surface area contributed by atoms with Crippen molar-refractivity contribution in [2.45, 2.75) is 45.1 Å². The number of benzene rings is 2. The van der Waals surface area contributed by atoms with Gasteiger partial charge in [0.15, 0.2) is 11.5 Å². The zero-order valence-corrected chi connectivity index (χ0v) is 14.2. The molecule has 0 aromatic heterocycles. The number of nitrogens with two attached hydrogens (primary N) is 1. The van der Waals surface area contributed by atoms with Crippen LogP contribution in [0.15, 0.2) is 48.5 Å². The lowest BCUT2D eigenvalue weighted by Gasteiger charge is -2.21. The molecule has 1 aliphatic carbocycles. The van der Waals surface area contributed by atoms with Crippen molar-refractivity contribution in [2.75, 3.05) is 12.3 Å². The molecule has 1 fully saturated rings. The maximum atomic E-state index is 6.00. The first-order valence-corrected chi connectivity index (χ1v) is 9.00. The Kier molecular flexibility index (Phi) is 6.00. The monoisotopic (exact) mass is 325 g/mol. The summed E-state index contributed by atoms with van der Waals surface area (Å²) in [4.78, 5) is 0. The van der Waals surface area contributed by atoms with E-state index in [1.54, 1.807) is 0 Å². The van der Waals surface area contributed by atoms with Crippen molar-refractivity contribution in [2.24, 2.45) is 5.92 Å². The van der Waals surface area contributed by atoms with Crippen LogP contribution in [0.2, 0.25) is 0 Å². The Bertz CT molecular complexity index is 621. The third kappa shape index (κ3) is 4.92. The molecule has 0 unspecified atom stereocenters. The van der Waals surface area contributed by atoms with Gasteiger partial charge in [-0.3, -0.25) is 0 Å². The molecule has 24 heavy (non-hydrogen) atoms. The topological polar surface area (TPSA) is 44.5 Å². The summed E-state index contributed by atoms with van der Waals surface area (Å²) in [6.45, 7) is 1.26. The summed E-state index contributed by atoms with van der Waals surface area (Å²) in [6.07, 6.45) is 7.97. The average molecular weight is 325 g/mol. The molecule has 1 aliphatic rings.